The van der Waals surface area contributed by atoms with Crippen LogP contribution in [0.3, 0.4) is 0 Å². The first-order valence-corrected chi connectivity index (χ1v) is 19.7. The van der Waals surface area contributed by atoms with E-state index in [0.29, 0.717) is 5.82 Å². The Kier molecular flexibility index (Phi) is 7.23. The van der Waals surface area contributed by atoms with Crippen molar-refractivity contribution in [3.63, 3.8) is 0 Å². The summed E-state index contributed by atoms with van der Waals surface area (Å²) in [6.07, 6.45) is 3.71. The molecule has 0 radical (unpaired) electrons. The van der Waals surface area contributed by atoms with Crippen LogP contribution in [0.2, 0.25) is 0 Å². The molecule has 0 saturated carbocycles. The van der Waals surface area contributed by atoms with Gasteiger partial charge in [0, 0.05) is 34.6 Å². The molecule has 0 aliphatic rings. The smallest absolute Gasteiger partial charge is 0.160 e. The maximum Gasteiger partial charge on any atom is 0.160 e. The van der Waals surface area contributed by atoms with Gasteiger partial charge in [0.25, 0.3) is 0 Å². The number of hydrogen-bond acceptors (Lipinski definition) is 3. The molecule has 0 fully saturated rings. The standard InChI is InChI=1S/C55H33N3/c1-2-10-39(11-3-1)55-57-49(32-50(58-55)44-17-5-4-16-43(44)41-15-9-29-56-33-41)35-23-21-34(22-24-35)42-30-40-28-27-38-13-7-19-46-45-18-6-12-36-25-26-37-14-8-20-47(53(37)51(36)45)48(31-42)54(40)52(38)46/h1-33H. The molecule has 0 N–H and O–H groups in total. The summed E-state index contributed by atoms with van der Waals surface area (Å²) in [4.78, 5) is 14.7. The Labute approximate surface area is 334 Å². The van der Waals surface area contributed by atoms with Gasteiger partial charge >= 0.3 is 0 Å². The zero-order valence-electron chi connectivity index (χ0n) is 31.4. The monoisotopic (exact) mass is 735 g/mol. The van der Waals surface area contributed by atoms with Gasteiger partial charge in [-0.25, -0.2) is 9.97 Å². The molecule has 2 heterocycles. The number of pyridine rings is 1. The fraction of sp³-hybridized carbons (Fsp3) is 0. The van der Waals surface area contributed by atoms with Crippen LogP contribution in [-0.2, 0) is 0 Å². The molecule has 0 aliphatic heterocycles. The van der Waals surface area contributed by atoms with Crippen molar-refractivity contribution in [3.8, 4) is 56.2 Å². The molecule has 3 heteroatoms. The minimum Gasteiger partial charge on any atom is -0.264 e. The minimum atomic E-state index is 0.691. The number of fused-ring (bicyclic) bond motifs is 2. The Hall–Kier alpha value is -7.75. The van der Waals surface area contributed by atoms with E-state index in [9.17, 15) is 0 Å². The third-order valence-corrected chi connectivity index (χ3v) is 11.9. The van der Waals surface area contributed by atoms with Gasteiger partial charge in [-0.3, -0.25) is 4.98 Å². The predicted octanol–water partition coefficient (Wildman–Crippen LogP) is 14.6. The van der Waals surface area contributed by atoms with Gasteiger partial charge in [0.05, 0.1) is 11.4 Å². The molecule has 3 nitrogen and oxygen atoms in total. The average molecular weight is 736 g/mol. The molecule has 12 aromatic rings. The number of nitrogens with zero attached hydrogens (tertiary/aromatic N) is 3. The zero-order chi connectivity index (χ0) is 38.2. The normalized spacial score (nSPS) is 11.8. The quantitative estimate of drug-likeness (QED) is 0.165. The van der Waals surface area contributed by atoms with E-state index in [-0.39, 0.29) is 0 Å². The van der Waals surface area contributed by atoms with E-state index in [1.165, 1.54) is 70.2 Å². The summed E-state index contributed by atoms with van der Waals surface area (Å²) in [6, 6.07) is 67.9. The molecule has 0 unspecified atom stereocenters. The van der Waals surface area contributed by atoms with Crippen molar-refractivity contribution >= 4 is 64.6 Å². The number of hydrogen-bond donors (Lipinski definition) is 0. The van der Waals surface area contributed by atoms with Crippen LogP contribution in [0.15, 0.2) is 200 Å². The van der Waals surface area contributed by atoms with Crippen molar-refractivity contribution < 1.29 is 0 Å². The summed E-state index contributed by atoms with van der Waals surface area (Å²) in [6.45, 7) is 0. The van der Waals surface area contributed by atoms with Crippen molar-refractivity contribution in [2.24, 2.45) is 0 Å². The highest BCUT2D eigenvalue weighted by atomic mass is 14.9. The van der Waals surface area contributed by atoms with E-state index in [1.807, 2.05) is 30.5 Å². The summed E-state index contributed by atoms with van der Waals surface area (Å²) >= 11 is 0. The highest BCUT2D eigenvalue weighted by Crippen LogP contribution is 2.44. The van der Waals surface area contributed by atoms with Gasteiger partial charge in [0.1, 0.15) is 0 Å². The summed E-state index contributed by atoms with van der Waals surface area (Å²) in [5.74, 6) is 0.691. The first-order chi connectivity index (χ1) is 28.7. The average Bonchev–Trinajstić information content (AvgIpc) is 3.30. The van der Waals surface area contributed by atoms with Crippen LogP contribution in [0.5, 0.6) is 0 Å². The SMILES string of the molecule is c1ccc(-c2nc(-c3ccc(-c4cc5ccc6cccc7c8cccc9ccc%10cccc(c(c4)c5c67)c%10c98)cc3)cc(-c3ccccc3-c3cccnc3)n2)cc1. The molecular weight excluding hydrogens is 703 g/mol. The number of rotatable bonds is 5. The van der Waals surface area contributed by atoms with E-state index in [4.69, 9.17) is 9.97 Å². The molecule has 10 aromatic carbocycles. The fourth-order valence-electron chi connectivity index (χ4n) is 9.21. The van der Waals surface area contributed by atoms with E-state index >= 15 is 0 Å². The molecule has 0 spiro atoms. The maximum absolute atomic E-state index is 5.16. The Morgan fingerprint density at radius 3 is 1.50 bits per heavy atom. The lowest BCUT2D eigenvalue weighted by Crippen LogP contribution is -1.97. The lowest BCUT2D eigenvalue weighted by Gasteiger charge is -2.17. The second kappa shape index (κ2) is 12.9. The van der Waals surface area contributed by atoms with Crippen LogP contribution in [0.4, 0.5) is 0 Å². The van der Waals surface area contributed by atoms with Crippen LogP contribution in [0, 0.1) is 0 Å². The predicted molar refractivity (Wildman–Crippen MR) is 243 cm³/mol. The molecular formula is C55H33N3. The van der Waals surface area contributed by atoms with E-state index in [0.717, 1.165) is 44.8 Å². The van der Waals surface area contributed by atoms with Crippen molar-refractivity contribution in [1.29, 1.82) is 0 Å². The largest absolute Gasteiger partial charge is 0.264 e. The van der Waals surface area contributed by atoms with Gasteiger partial charge in [-0.1, -0.05) is 164 Å². The highest BCUT2D eigenvalue weighted by Gasteiger charge is 2.18. The third kappa shape index (κ3) is 5.11. The molecule has 12 rings (SSSR count). The first kappa shape index (κ1) is 32.5. The van der Waals surface area contributed by atoms with Crippen LogP contribution < -0.4 is 0 Å². The summed E-state index contributed by atoms with van der Waals surface area (Å²) in [7, 11) is 0. The zero-order valence-corrected chi connectivity index (χ0v) is 31.4. The molecule has 2 aromatic heterocycles. The fourth-order valence-corrected chi connectivity index (χ4v) is 9.21. The van der Waals surface area contributed by atoms with E-state index in [1.54, 1.807) is 6.20 Å². The van der Waals surface area contributed by atoms with Gasteiger partial charge in [-0.2, -0.15) is 0 Å². The van der Waals surface area contributed by atoms with Crippen LogP contribution in [0.1, 0.15) is 0 Å². The topological polar surface area (TPSA) is 38.7 Å². The maximum atomic E-state index is 5.16. The second-order valence-corrected chi connectivity index (χ2v) is 15.2. The van der Waals surface area contributed by atoms with Crippen molar-refractivity contribution in [3.05, 3.63) is 200 Å². The number of aromatic nitrogens is 3. The molecule has 58 heavy (non-hydrogen) atoms. The van der Waals surface area contributed by atoms with Crippen molar-refractivity contribution in [1.82, 2.24) is 15.0 Å². The van der Waals surface area contributed by atoms with Crippen molar-refractivity contribution in [2.75, 3.05) is 0 Å². The van der Waals surface area contributed by atoms with Gasteiger partial charge in [-0.05, 0) is 106 Å². The summed E-state index contributed by atoms with van der Waals surface area (Å²) < 4.78 is 0. The van der Waals surface area contributed by atoms with E-state index in [2.05, 4.69) is 169 Å². The van der Waals surface area contributed by atoms with Gasteiger partial charge in [-0.15, -0.1) is 0 Å². The lowest BCUT2D eigenvalue weighted by molar-refractivity contribution is 1.18. The molecule has 0 aliphatic carbocycles. The van der Waals surface area contributed by atoms with Crippen molar-refractivity contribution in [2.45, 2.75) is 0 Å². The second-order valence-electron chi connectivity index (χ2n) is 15.2. The van der Waals surface area contributed by atoms with E-state index < -0.39 is 0 Å². The summed E-state index contributed by atoms with van der Waals surface area (Å²) in [5, 5.41) is 15.4. The summed E-state index contributed by atoms with van der Waals surface area (Å²) in [5.41, 5.74) is 9.24. The highest BCUT2D eigenvalue weighted by molar-refractivity contribution is 6.37. The Balaban J connectivity index is 1.06. The van der Waals surface area contributed by atoms with Gasteiger partial charge in [0.2, 0.25) is 0 Å². The van der Waals surface area contributed by atoms with Crippen LogP contribution >= 0.6 is 0 Å². The van der Waals surface area contributed by atoms with Crippen LogP contribution in [0.25, 0.3) is 121 Å². The lowest BCUT2D eigenvalue weighted by atomic mass is 9.86. The molecule has 0 atom stereocenters. The van der Waals surface area contributed by atoms with Crippen LogP contribution in [-0.4, -0.2) is 15.0 Å². The Bertz CT molecular complexity index is 3530. The Morgan fingerprint density at radius 1 is 0.293 bits per heavy atom. The molecule has 0 saturated heterocycles. The third-order valence-electron chi connectivity index (χ3n) is 11.9. The number of benzene rings is 9. The molecule has 0 bridgehead atoms. The molecule has 268 valence electrons. The Morgan fingerprint density at radius 2 is 0.845 bits per heavy atom. The minimum absolute atomic E-state index is 0.691. The first-order valence-electron chi connectivity index (χ1n) is 19.7. The molecule has 0 amide bonds. The van der Waals surface area contributed by atoms with Gasteiger partial charge < -0.3 is 0 Å². The van der Waals surface area contributed by atoms with Gasteiger partial charge in [0.15, 0.2) is 5.82 Å².